The summed E-state index contributed by atoms with van der Waals surface area (Å²) in [6.45, 7) is 0. The Morgan fingerprint density at radius 3 is 2.08 bits per heavy atom. The van der Waals surface area contributed by atoms with E-state index >= 15 is 0 Å². The molecule has 0 spiro atoms. The normalized spacial score (nSPS) is 10.5. The molecule has 1 rings (SSSR count). The Balaban J connectivity index is 0.00000121. The van der Waals surface area contributed by atoms with Crippen LogP contribution in [0.25, 0.3) is 0 Å². The minimum atomic E-state index is -4.29. The first-order valence-electron chi connectivity index (χ1n) is 2.72. The molecule has 0 amide bonds. The summed E-state index contributed by atoms with van der Waals surface area (Å²) in [6, 6.07) is 6.07. The third kappa shape index (κ3) is 3.27. The molecule has 0 bridgehead atoms. The van der Waals surface area contributed by atoms with Crippen LogP contribution in [-0.4, -0.2) is 13.0 Å². The molecule has 0 saturated carbocycles. The van der Waals surface area contributed by atoms with Crippen molar-refractivity contribution >= 4 is 32.7 Å². The quantitative estimate of drug-likeness (QED) is 0.343. The van der Waals surface area contributed by atoms with Gasteiger partial charge < -0.3 is 4.55 Å². The van der Waals surface area contributed by atoms with Gasteiger partial charge in [0.2, 0.25) is 0 Å². The summed E-state index contributed by atoms with van der Waals surface area (Å²) in [5.74, 6) is 0. The predicted molar refractivity (Wildman–Crippen MR) is 47.1 cm³/mol. The van der Waals surface area contributed by atoms with Gasteiger partial charge in [-0.2, -0.15) is 0 Å². The standard InChI is InChI=1S/C6H5IO3S.Hg/c7-5-3-1-2-4-6(5)11(8,9)10;/h1-4H,(H,8,9,10);/q;+1/p-1. The molecule has 0 aliphatic heterocycles. The summed E-state index contributed by atoms with van der Waals surface area (Å²) in [4.78, 5) is -0.152. The van der Waals surface area contributed by atoms with Gasteiger partial charge in [-0.15, -0.1) is 0 Å². The van der Waals surface area contributed by atoms with Crippen LogP contribution in [0.5, 0.6) is 0 Å². The van der Waals surface area contributed by atoms with Crippen LogP contribution in [-0.2, 0) is 37.8 Å². The van der Waals surface area contributed by atoms with Crippen molar-refractivity contribution in [3.05, 3.63) is 27.8 Å². The minimum Gasteiger partial charge on any atom is -0.744 e. The molecule has 0 atom stereocenters. The Labute approximate surface area is 105 Å². The van der Waals surface area contributed by atoms with Crippen LogP contribution >= 0.6 is 22.6 Å². The first-order chi connectivity index (χ1) is 5.02. The molecule has 0 aliphatic carbocycles. The number of hydrogen-bond acceptors (Lipinski definition) is 3. The van der Waals surface area contributed by atoms with Crippen molar-refractivity contribution in [2.24, 2.45) is 0 Å². The van der Waals surface area contributed by atoms with Gasteiger partial charge in [0, 0.05) is 3.57 Å². The molecule has 0 heterocycles. The van der Waals surface area contributed by atoms with Gasteiger partial charge >= 0.3 is 27.7 Å². The molecule has 3 nitrogen and oxygen atoms in total. The van der Waals surface area contributed by atoms with E-state index in [1.54, 1.807) is 34.7 Å². The predicted octanol–water partition coefficient (Wildman–Crippen LogP) is 1.19. The minimum absolute atomic E-state index is 0. The van der Waals surface area contributed by atoms with Crippen LogP contribution in [0.2, 0.25) is 0 Å². The van der Waals surface area contributed by atoms with E-state index in [9.17, 15) is 13.0 Å². The van der Waals surface area contributed by atoms with Gasteiger partial charge in [0.1, 0.15) is 10.1 Å². The zero-order valence-electron chi connectivity index (χ0n) is 6.03. The van der Waals surface area contributed by atoms with Crippen molar-refractivity contribution in [2.75, 3.05) is 0 Å². The summed E-state index contributed by atoms with van der Waals surface area (Å²) in [5.41, 5.74) is 0. The summed E-state index contributed by atoms with van der Waals surface area (Å²) in [5, 5.41) is 0. The van der Waals surface area contributed by atoms with E-state index < -0.39 is 10.1 Å². The molecule has 0 aromatic heterocycles. The molecule has 0 unspecified atom stereocenters. The average molecular weight is 484 g/mol. The smallest absolute Gasteiger partial charge is 0.744 e. The first-order valence-corrected chi connectivity index (χ1v) is 5.21. The van der Waals surface area contributed by atoms with Gasteiger partial charge in [0.05, 0.1) is 4.90 Å². The van der Waals surface area contributed by atoms with Crippen LogP contribution in [0.3, 0.4) is 0 Å². The van der Waals surface area contributed by atoms with E-state index in [1.807, 2.05) is 0 Å². The molecule has 0 N–H and O–H groups in total. The molecule has 12 heavy (non-hydrogen) atoms. The molecule has 1 aromatic carbocycles. The summed E-state index contributed by atoms with van der Waals surface area (Å²) in [7, 11) is -4.29. The Morgan fingerprint density at radius 2 is 1.75 bits per heavy atom. The summed E-state index contributed by atoms with van der Waals surface area (Å²) in [6.07, 6.45) is 0. The SMILES string of the molecule is O=S(=O)([O-])c1ccccc1I.[Hg+]. The van der Waals surface area contributed by atoms with Crippen molar-refractivity contribution in [3.63, 3.8) is 0 Å². The Morgan fingerprint density at radius 1 is 1.25 bits per heavy atom. The molecule has 61 valence electrons. The molecule has 0 saturated heterocycles. The fraction of sp³-hybridized carbons (Fsp3) is 0. The van der Waals surface area contributed by atoms with Gasteiger partial charge in [0.15, 0.2) is 0 Å². The maximum atomic E-state index is 10.5. The van der Waals surface area contributed by atoms with Crippen molar-refractivity contribution in [2.45, 2.75) is 4.90 Å². The maximum absolute atomic E-state index is 10.5. The van der Waals surface area contributed by atoms with Crippen LogP contribution in [0.1, 0.15) is 0 Å². The Hall–Kier alpha value is 0.795. The molecule has 6 heteroatoms. The molecule has 1 aromatic rings. The second-order valence-corrected chi connectivity index (χ2v) is 4.39. The summed E-state index contributed by atoms with van der Waals surface area (Å²) < 4.78 is 31.9. The van der Waals surface area contributed by atoms with Gasteiger partial charge in [0.25, 0.3) is 0 Å². The number of rotatable bonds is 1. The third-order valence-electron chi connectivity index (χ3n) is 1.11. The van der Waals surface area contributed by atoms with E-state index in [2.05, 4.69) is 0 Å². The van der Waals surface area contributed by atoms with E-state index in [0.717, 1.165) is 0 Å². The second kappa shape index (κ2) is 4.87. The van der Waals surface area contributed by atoms with Gasteiger partial charge in [-0.25, -0.2) is 8.42 Å². The maximum Gasteiger partial charge on any atom is 1.00 e. The topological polar surface area (TPSA) is 57.2 Å². The van der Waals surface area contributed by atoms with Crippen LogP contribution in [0.15, 0.2) is 29.2 Å². The van der Waals surface area contributed by atoms with Crippen LogP contribution in [0, 0.1) is 3.57 Å². The fourth-order valence-electron chi connectivity index (χ4n) is 0.647. The first kappa shape index (κ1) is 12.8. The zero-order valence-corrected chi connectivity index (χ0v) is 14.5. The zero-order chi connectivity index (χ0) is 8.48. The molecular formula is C6H4HgIO3S. The average Bonchev–Trinajstić information content (AvgIpc) is 1.86. The molecule has 0 aliphatic rings. The number of hydrogen-bond donors (Lipinski definition) is 0. The van der Waals surface area contributed by atoms with Crippen molar-refractivity contribution < 1.29 is 40.6 Å². The van der Waals surface area contributed by atoms with Gasteiger partial charge in [-0.1, -0.05) is 12.1 Å². The molecular weight excluding hydrogens is 480 g/mol. The summed E-state index contributed by atoms with van der Waals surface area (Å²) >= 11 is 1.81. The van der Waals surface area contributed by atoms with Crippen LogP contribution < -0.4 is 0 Å². The van der Waals surface area contributed by atoms with Crippen molar-refractivity contribution in [3.8, 4) is 0 Å². The van der Waals surface area contributed by atoms with E-state index in [0.29, 0.717) is 3.57 Å². The van der Waals surface area contributed by atoms with E-state index in [1.165, 1.54) is 12.1 Å². The van der Waals surface area contributed by atoms with Gasteiger partial charge in [-0.05, 0) is 34.7 Å². The second-order valence-electron chi connectivity index (χ2n) is 1.88. The largest absolute Gasteiger partial charge is 1.00 e. The number of benzene rings is 1. The van der Waals surface area contributed by atoms with Crippen molar-refractivity contribution in [1.82, 2.24) is 0 Å². The Kier molecular flexibility index (Phi) is 5.20. The molecule has 1 radical (unpaired) electrons. The van der Waals surface area contributed by atoms with Crippen LogP contribution in [0.4, 0.5) is 0 Å². The van der Waals surface area contributed by atoms with Gasteiger partial charge in [-0.3, -0.25) is 0 Å². The van der Waals surface area contributed by atoms with E-state index in [-0.39, 0.29) is 32.6 Å². The fourth-order valence-corrected chi connectivity index (χ4v) is 2.40. The third-order valence-corrected chi connectivity index (χ3v) is 3.31. The monoisotopic (exact) mass is 485 g/mol. The molecule has 0 fully saturated rings. The van der Waals surface area contributed by atoms with E-state index in [4.69, 9.17) is 0 Å². The van der Waals surface area contributed by atoms with Crippen molar-refractivity contribution in [1.29, 1.82) is 0 Å². The number of halogens is 1. The Bertz CT molecular complexity index is 363.